The molecule has 0 radical (unpaired) electrons. The first kappa shape index (κ1) is 19.2. The van der Waals surface area contributed by atoms with E-state index in [0.717, 1.165) is 28.6 Å². The van der Waals surface area contributed by atoms with Gasteiger partial charge in [-0.2, -0.15) is 0 Å². The molecule has 148 valence electrons. The van der Waals surface area contributed by atoms with Gasteiger partial charge in [-0.05, 0) is 51.0 Å². The van der Waals surface area contributed by atoms with E-state index in [-0.39, 0.29) is 11.5 Å². The largest absolute Gasteiger partial charge is 0.351 e. The molecule has 0 atom stereocenters. The van der Waals surface area contributed by atoms with Crippen LogP contribution >= 0.6 is 11.3 Å². The Morgan fingerprint density at radius 2 is 1.86 bits per heavy atom. The van der Waals surface area contributed by atoms with Gasteiger partial charge < -0.3 is 14.8 Å². The Morgan fingerprint density at radius 1 is 1.11 bits per heavy atom. The van der Waals surface area contributed by atoms with Crippen LogP contribution in [-0.4, -0.2) is 41.6 Å². The average molecular weight is 398 g/mol. The number of aromatic nitrogens is 1. The second kappa shape index (κ2) is 8.45. The average Bonchev–Trinajstić information content (AvgIpc) is 3.01. The lowest BCUT2D eigenvalue weighted by Crippen LogP contribution is -2.30. The van der Waals surface area contributed by atoms with E-state index in [9.17, 15) is 9.59 Å². The molecule has 1 fully saturated rings. The van der Waals surface area contributed by atoms with E-state index in [2.05, 4.69) is 10.2 Å². The summed E-state index contributed by atoms with van der Waals surface area (Å²) < 4.78 is 2.56. The number of carbonyl (C=O) groups is 1. The Morgan fingerprint density at radius 3 is 2.64 bits per heavy atom. The van der Waals surface area contributed by atoms with Crippen LogP contribution in [0.5, 0.6) is 0 Å². The fourth-order valence-electron chi connectivity index (χ4n) is 4.06. The molecule has 0 saturated carbocycles. The number of amides is 1. The van der Waals surface area contributed by atoms with Crippen LogP contribution in [0.4, 0.5) is 0 Å². The molecule has 6 heteroatoms. The van der Waals surface area contributed by atoms with Crippen molar-refractivity contribution in [2.75, 3.05) is 26.2 Å². The third-order valence-corrected chi connectivity index (χ3v) is 6.80. The van der Waals surface area contributed by atoms with Crippen LogP contribution in [0.1, 0.15) is 41.8 Å². The topological polar surface area (TPSA) is 54.3 Å². The maximum Gasteiger partial charge on any atom is 0.261 e. The second-order valence-electron chi connectivity index (χ2n) is 7.60. The zero-order chi connectivity index (χ0) is 19.5. The Kier molecular flexibility index (Phi) is 5.78. The summed E-state index contributed by atoms with van der Waals surface area (Å²) in [6, 6.07) is 9.60. The maximum atomic E-state index is 12.7. The molecular formula is C22H27N3O2S. The van der Waals surface area contributed by atoms with Crippen molar-refractivity contribution < 1.29 is 4.79 Å². The fourth-order valence-corrected chi connectivity index (χ4v) is 5.16. The van der Waals surface area contributed by atoms with Crippen LogP contribution in [0.3, 0.4) is 0 Å². The van der Waals surface area contributed by atoms with Crippen molar-refractivity contribution in [1.29, 1.82) is 0 Å². The number of nitrogens with one attached hydrogen (secondary N) is 1. The minimum atomic E-state index is -0.0804. The van der Waals surface area contributed by atoms with Gasteiger partial charge in [-0.15, -0.1) is 11.3 Å². The molecule has 1 aliphatic rings. The number of likely N-dealkylation sites (tertiary alicyclic amines) is 1. The molecule has 1 amide bonds. The molecule has 1 saturated heterocycles. The van der Waals surface area contributed by atoms with Crippen molar-refractivity contribution in [2.24, 2.45) is 7.05 Å². The first-order chi connectivity index (χ1) is 13.6. The lowest BCUT2D eigenvalue weighted by Gasteiger charge is -2.19. The highest BCUT2D eigenvalue weighted by atomic mass is 32.1. The van der Waals surface area contributed by atoms with Gasteiger partial charge in [0.15, 0.2) is 0 Å². The highest BCUT2D eigenvalue weighted by Crippen LogP contribution is 2.30. The molecule has 0 bridgehead atoms. The summed E-state index contributed by atoms with van der Waals surface area (Å²) in [6.07, 6.45) is 6.22. The lowest BCUT2D eigenvalue weighted by molar-refractivity contribution is 0.0956. The number of fused-ring (bicyclic) bond motifs is 3. The van der Waals surface area contributed by atoms with Crippen LogP contribution in [0.15, 0.2) is 35.1 Å². The minimum absolute atomic E-state index is 0.0508. The molecule has 4 rings (SSSR count). The molecule has 0 spiro atoms. The Hall–Kier alpha value is -2.18. The molecule has 0 unspecified atom stereocenters. The van der Waals surface area contributed by atoms with Gasteiger partial charge >= 0.3 is 0 Å². The third kappa shape index (κ3) is 3.84. The SMILES string of the molecule is Cn1c(=O)c2cc(C(=O)NCCCN3CCCCCC3)sc2c2ccccc21. The number of para-hydroxylation sites is 1. The van der Waals surface area contributed by atoms with Gasteiger partial charge in [0, 0.05) is 23.7 Å². The molecule has 5 nitrogen and oxygen atoms in total. The molecule has 1 aliphatic heterocycles. The molecule has 28 heavy (non-hydrogen) atoms. The van der Waals surface area contributed by atoms with Crippen molar-refractivity contribution in [1.82, 2.24) is 14.8 Å². The van der Waals surface area contributed by atoms with E-state index in [0.29, 0.717) is 16.8 Å². The summed E-state index contributed by atoms with van der Waals surface area (Å²) in [5.74, 6) is -0.0804. The first-order valence-electron chi connectivity index (χ1n) is 10.2. The number of carbonyl (C=O) groups excluding carboxylic acids is 1. The number of hydrogen-bond acceptors (Lipinski definition) is 4. The number of pyridine rings is 1. The molecule has 1 aromatic carbocycles. The highest BCUT2D eigenvalue weighted by Gasteiger charge is 2.16. The summed E-state index contributed by atoms with van der Waals surface area (Å²) in [6.45, 7) is 4.07. The maximum absolute atomic E-state index is 12.7. The minimum Gasteiger partial charge on any atom is -0.351 e. The van der Waals surface area contributed by atoms with Crippen molar-refractivity contribution in [3.63, 3.8) is 0 Å². The van der Waals surface area contributed by atoms with Gasteiger partial charge in [0.25, 0.3) is 11.5 Å². The number of thiophene rings is 1. The lowest BCUT2D eigenvalue weighted by atomic mass is 10.2. The number of hydrogen-bond donors (Lipinski definition) is 1. The molecule has 3 aromatic rings. The van der Waals surface area contributed by atoms with E-state index in [1.165, 1.54) is 50.1 Å². The van der Waals surface area contributed by atoms with Crippen LogP contribution in [0.2, 0.25) is 0 Å². The number of aryl methyl sites for hydroxylation is 1. The van der Waals surface area contributed by atoms with Crippen LogP contribution in [-0.2, 0) is 7.05 Å². The van der Waals surface area contributed by atoms with Crippen molar-refractivity contribution >= 4 is 38.2 Å². The standard InChI is InChI=1S/C22H27N3O2S/c1-24-18-10-5-4-9-16(18)20-17(22(24)27)15-19(28-20)21(26)23-11-8-14-25-12-6-2-3-7-13-25/h4-5,9-10,15H,2-3,6-8,11-14H2,1H3,(H,23,26). The highest BCUT2D eigenvalue weighted by molar-refractivity contribution is 7.21. The Bertz CT molecular complexity index is 1050. The zero-order valence-electron chi connectivity index (χ0n) is 16.4. The van der Waals surface area contributed by atoms with Crippen molar-refractivity contribution in [2.45, 2.75) is 32.1 Å². The molecule has 3 heterocycles. The molecule has 2 aromatic heterocycles. The summed E-state index contributed by atoms with van der Waals surface area (Å²) in [5, 5.41) is 4.68. The van der Waals surface area contributed by atoms with E-state index < -0.39 is 0 Å². The fraction of sp³-hybridized carbons (Fsp3) is 0.455. The number of rotatable bonds is 5. The van der Waals surface area contributed by atoms with Gasteiger partial charge in [0.1, 0.15) is 0 Å². The van der Waals surface area contributed by atoms with Gasteiger partial charge in [-0.3, -0.25) is 9.59 Å². The summed E-state index contributed by atoms with van der Waals surface area (Å²) in [4.78, 5) is 28.4. The predicted molar refractivity (Wildman–Crippen MR) is 116 cm³/mol. The summed E-state index contributed by atoms with van der Waals surface area (Å²) >= 11 is 1.41. The van der Waals surface area contributed by atoms with Gasteiger partial charge in [0.05, 0.1) is 15.8 Å². The van der Waals surface area contributed by atoms with E-state index in [4.69, 9.17) is 0 Å². The quantitative estimate of drug-likeness (QED) is 0.667. The third-order valence-electron chi connectivity index (χ3n) is 5.64. The molecule has 1 N–H and O–H groups in total. The van der Waals surface area contributed by atoms with E-state index in [1.807, 2.05) is 24.3 Å². The normalized spacial score (nSPS) is 15.8. The van der Waals surface area contributed by atoms with Crippen LogP contribution < -0.4 is 10.9 Å². The number of benzene rings is 1. The van der Waals surface area contributed by atoms with Crippen molar-refractivity contribution in [3.8, 4) is 0 Å². The molecular weight excluding hydrogens is 370 g/mol. The van der Waals surface area contributed by atoms with Crippen molar-refractivity contribution in [3.05, 3.63) is 45.6 Å². The predicted octanol–water partition coefficient (Wildman–Crippen LogP) is 3.75. The number of nitrogens with zero attached hydrogens (tertiary/aromatic N) is 2. The van der Waals surface area contributed by atoms with Crippen LogP contribution in [0.25, 0.3) is 21.0 Å². The second-order valence-corrected chi connectivity index (χ2v) is 8.65. The van der Waals surface area contributed by atoms with E-state index >= 15 is 0 Å². The smallest absolute Gasteiger partial charge is 0.261 e. The molecule has 0 aliphatic carbocycles. The Labute approximate surface area is 169 Å². The Balaban J connectivity index is 1.45. The summed E-state index contributed by atoms with van der Waals surface area (Å²) in [7, 11) is 1.78. The van der Waals surface area contributed by atoms with Gasteiger partial charge in [-0.1, -0.05) is 31.0 Å². The summed E-state index contributed by atoms with van der Waals surface area (Å²) in [5.41, 5.74) is 0.844. The monoisotopic (exact) mass is 397 g/mol. The van der Waals surface area contributed by atoms with E-state index in [1.54, 1.807) is 17.7 Å². The van der Waals surface area contributed by atoms with Crippen LogP contribution in [0, 0.1) is 0 Å². The van der Waals surface area contributed by atoms with Gasteiger partial charge in [0.2, 0.25) is 0 Å². The zero-order valence-corrected chi connectivity index (χ0v) is 17.2. The first-order valence-corrected chi connectivity index (χ1v) is 11.0. The van der Waals surface area contributed by atoms with Gasteiger partial charge in [-0.25, -0.2) is 0 Å².